The van der Waals surface area contributed by atoms with Crippen molar-refractivity contribution >= 4 is 11.5 Å². The van der Waals surface area contributed by atoms with Gasteiger partial charge in [0.2, 0.25) is 0 Å². The van der Waals surface area contributed by atoms with Crippen molar-refractivity contribution in [1.82, 2.24) is 24.0 Å². The van der Waals surface area contributed by atoms with E-state index in [4.69, 9.17) is 4.42 Å². The summed E-state index contributed by atoms with van der Waals surface area (Å²) in [6, 6.07) is 10.3. The number of nitrogens with zero attached hydrogens (tertiary/aromatic N) is 5. The first-order valence-electron chi connectivity index (χ1n) is 9.20. The fraction of sp³-hybridized carbons (Fsp3) is 0.190. The number of hydrogen-bond donors (Lipinski definition) is 0. The van der Waals surface area contributed by atoms with Gasteiger partial charge >= 0.3 is 5.84 Å². The molecule has 0 atom stereocenters. The molecule has 0 unspecified atom stereocenters. The number of imidazole rings is 1. The summed E-state index contributed by atoms with van der Waals surface area (Å²) >= 11 is 0. The van der Waals surface area contributed by atoms with Crippen LogP contribution in [0, 0.1) is 5.82 Å². The number of hydrogen-bond acceptors (Lipinski definition) is 4. The van der Waals surface area contributed by atoms with E-state index in [2.05, 4.69) is 32.7 Å². The Hall–Kier alpha value is -3.48. The highest BCUT2D eigenvalue weighted by Gasteiger charge is 2.43. The van der Waals surface area contributed by atoms with Crippen LogP contribution in [0.3, 0.4) is 0 Å². The molecule has 7 heteroatoms. The molecule has 0 radical (unpaired) electrons. The van der Waals surface area contributed by atoms with Gasteiger partial charge in [0.25, 0.3) is 0 Å². The third-order valence-corrected chi connectivity index (χ3v) is 5.60. The largest absolute Gasteiger partial charge is 0.432 e. The molecule has 6 nitrogen and oxygen atoms in total. The summed E-state index contributed by atoms with van der Waals surface area (Å²) in [7, 11) is 0. The van der Waals surface area contributed by atoms with Crippen LogP contribution in [0.1, 0.15) is 25.6 Å². The van der Waals surface area contributed by atoms with Crippen LogP contribution in [-0.4, -0.2) is 24.0 Å². The first kappa shape index (κ1) is 15.6. The summed E-state index contributed by atoms with van der Waals surface area (Å²) in [6.45, 7) is 2.22. The van der Waals surface area contributed by atoms with E-state index in [0.717, 1.165) is 46.8 Å². The summed E-state index contributed by atoms with van der Waals surface area (Å²) in [6.07, 6.45) is 7.74. The summed E-state index contributed by atoms with van der Waals surface area (Å²) < 4.78 is 22.9. The fourth-order valence-electron chi connectivity index (χ4n) is 3.72. The first-order chi connectivity index (χ1) is 13.6. The van der Waals surface area contributed by atoms with Crippen molar-refractivity contribution in [1.29, 1.82) is 0 Å². The van der Waals surface area contributed by atoms with Gasteiger partial charge in [0.05, 0.1) is 5.69 Å². The molecule has 0 N–H and O–H groups in total. The second kappa shape index (κ2) is 5.28. The molecule has 4 aromatic heterocycles. The number of aromatic nitrogens is 5. The summed E-state index contributed by atoms with van der Waals surface area (Å²) in [5.74, 6) is 1.20. The van der Waals surface area contributed by atoms with Crippen molar-refractivity contribution in [2.24, 2.45) is 0 Å². The van der Waals surface area contributed by atoms with Gasteiger partial charge in [-0.1, -0.05) is 6.92 Å². The molecule has 1 aliphatic carbocycles. The summed E-state index contributed by atoms with van der Waals surface area (Å²) in [5, 5.41) is 8.75. The summed E-state index contributed by atoms with van der Waals surface area (Å²) in [4.78, 5) is 4.63. The summed E-state index contributed by atoms with van der Waals surface area (Å²) in [5.41, 5.74) is 4.34. The molecule has 0 amide bonds. The predicted molar refractivity (Wildman–Crippen MR) is 101 cm³/mol. The third-order valence-electron chi connectivity index (χ3n) is 5.60. The average Bonchev–Trinajstić information content (AvgIpc) is 3.06. The van der Waals surface area contributed by atoms with E-state index in [1.165, 1.54) is 12.1 Å². The van der Waals surface area contributed by atoms with Gasteiger partial charge < -0.3 is 4.42 Å². The zero-order valence-corrected chi connectivity index (χ0v) is 15.1. The van der Waals surface area contributed by atoms with E-state index in [-0.39, 0.29) is 11.2 Å². The molecule has 1 aromatic carbocycles. The SMILES string of the molecule is CC1(c2nnc3ccc(-c4c(-c5ccc(F)cc5)nc5occn45)cn23)CC1. The van der Waals surface area contributed by atoms with Gasteiger partial charge in [0.1, 0.15) is 23.6 Å². The normalized spacial score (nSPS) is 15.5. The van der Waals surface area contributed by atoms with Crippen LogP contribution in [-0.2, 0) is 5.41 Å². The van der Waals surface area contributed by atoms with E-state index >= 15 is 0 Å². The Morgan fingerprint density at radius 1 is 1.00 bits per heavy atom. The minimum absolute atomic E-state index is 0.0974. The van der Waals surface area contributed by atoms with Crippen LogP contribution in [0.25, 0.3) is 34.0 Å². The third kappa shape index (κ3) is 2.16. The van der Waals surface area contributed by atoms with Crippen LogP contribution < -0.4 is 0 Å². The Balaban J connectivity index is 1.61. The van der Waals surface area contributed by atoms with Gasteiger partial charge in [-0.05, 0) is 49.2 Å². The Morgan fingerprint density at radius 3 is 2.57 bits per heavy atom. The lowest BCUT2D eigenvalue weighted by Gasteiger charge is -2.09. The Labute approximate surface area is 159 Å². The van der Waals surface area contributed by atoms with Crippen LogP contribution in [0.5, 0.6) is 0 Å². The molecule has 1 aliphatic rings. The molecule has 28 heavy (non-hydrogen) atoms. The Kier molecular flexibility index (Phi) is 2.94. The van der Waals surface area contributed by atoms with Gasteiger partial charge in [-0.2, -0.15) is 4.98 Å². The van der Waals surface area contributed by atoms with Gasteiger partial charge in [0, 0.05) is 28.9 Å². The maximum Gasteiger partial charge on any atom is 0.306 e. The van der Waals surface area contributed by atoms with Gasteiger partial charge in [0.15, 0.2) is 5.65 Å². The predicted octanol–water partition coefficient (Wildman–Crippen LogP) is 4.49. The molecule has 1 saturated carbocycles. The molecule has 0 saturated heterocycles. The van der Waals surface area contributed by atoms with E-state index in [0.29, 0.717) is 5.84 Å². The van der Waals surface area contributed by atoms with E-state index < -0.39 is 0 Å². The minimum atomic E-state index is -0.276. The topological polar surface area (TPSA) is 60.6 Å². The Morgan fingerprint density at radius 2 is 1.79 bits per heavy atom. The van der Waals surface area contributed by atoms with Crippen molar-refractivity contribution in [3.63, 3.8) is 0 Å². The zero-order valence-electron chi connectivity index (χ0n) is 15.1. The van der Waals surface area contributed by atoms with Gasteiger partial charge in [-0.3, -0.25) is 8.80 Å². The highest BCUT2D eigenvalue weighted by atomic mass is 19.1. The van der Waals surface area contributed by atoms with Crippen LogP contribution >= 0.6 is 0 Å². The van der Waals surface area contributed by atoms with Crippen LogP contribution in [0.15, 0.2) is 59.5 Å². The molecule has 138 valence electrons. The number of fused-ring (bicyclic) bond motifs is 2. The maximum atomic E-state index is 13.4. The molecule has 0 spiro atoms. The molecule has 4 heterocycles. The van der Waals surface area contributed by atoms with Gasteiger partial charge in [-0.15, -0.1) is 10.2 Å². The lowest BCUT2D eigenvalue weighted by atomic mass is 10.1. The van der Waals surface area contributed by atoms with Crippen molar-refractivity contribution < 1.29 is 8.81 Å². The van der Waals surface area contributed by atoms with E-state index in [9.17, 15) is 4.39 Å². The fourth-order valence-corrected chi connectivity index (χ4v) is 3.72. The molecular formula is C21H16FN5O. The molecule has 0 aliphatic heterocycles. The van der Waals surface area contributed by atoms with Crippen molar-refractivity contribution in [2.45, 2.75) is 25.2 Å². The number of oxazole rings is 1. The maximum absolute atomic E-state index is 13.4. The van der Waals surface area contributed by atoms with E-state index in [1.54, 1.807) is 18.4 Å². The highest BCUT2D eigenvalue weighted by molar-refractivity contribution is 5.81. The van der Waals surface area contributed by atoms with E-state index in [1.807, 2.05) is 22.7 Å². The number of benzene rings is 1. The zero-order chi connectivity index (χ0) is 18.9. The molecule has 0 bridgehead atoms. The number of pyridine rings is 1. The minimum Gasteiger partial charge on any atom is -0.432 e. The quantitative estimate of drug-likeness (QED) is 0.467. The average molecular weight is 373 g/mol. The van der Waals surface area contributed by atoms with Crippen molar-refractivity contribution in [3.8, 4) is 22.5 Å². The molecule has 6 rings (SSSR count). The molecular weight excluding hydrogens is 357 g/mol. The molecule has 5 aromatic rings. The van der Waals surface area contributed by atoms with Crippen molar-refractivity contribution in [3.05, 3.63) is 66.7 Å². The molecule has 1 fully saturated rings. The number of halogens is 1. The van der Waals surface area contributed by atoms with Crippen LogP contribution in [0.2, 0.25) is 0 Å². The first-order valence-corrected chi connectivity index (χ1v) is 9.20. The smallest absolute Gasteiger partial charge is 0.306 e. The van der Waals surface area contributed by atoms with Crippen molar-refractivity contribution in [2.75, 3.05) is 0 Å². The second-order valence-corrected chi connectivity index (χ2v) is 7.60. The van der Waals surface area contributed by atoms with Gasteiger partial charge in [-0.25, -0.2) is 4.39 Å². The lowest BCUT2D eigenvalue weighted by Crippen LogP contribution is -2.06. The number of rotatable bonds is 3. The second-order valence-electron chi connectivity index (χ2n) is 7.60. The Bertz CT molecular complexity index is 1340. The highest BCUT2D eigenvalue weighted by Crippen LogP contribution is 2.46. The van der Waals surface area contributed by atoms with Crippen LogP contribution in [0.4, 0.5) is 4.39 Å². The lowest BCUT2D eigenvalue weighted by molar-refractivity contribution is 0.596. The standard InChI is InChI=1S/C21H16FN5O/c1-21(8-9-21)19-25-24-16-7-4-14(12-27(16)19)18-17(13-2-5-15(22)6-3-13)23-20-26(18)10-11-28-20/h2-7,10-12H,8-9H2,1H3. The monoisotopic (exact) mass is 373 g/mol.